The highest BCUT2D eigenvalue weighted by atomic mass is 32.2. The van der Waals surface area contributed by atoms with Crippen LogP contribution in [0.15, 0.2) is 41.4 Å². The number of piperazine rings is 1. The van der Waals surface area contributed by atoms with Crippen molar-refractivity contribution < 1.29 is 14.0 Å². The minimum Gasteiger partial charge on any atom is -0.367 e. The van der Waals surface area contributed by atoms with Gasteiger partial charge in [0.25, 0.3) is 11.1 Å². The summed E-state index contributed by atoms with van der Waals surface area (Å²) in [6.45, 7) is 3.61. The summed E-state index contributed by atoms with van der Waals surface area (Å²) in [5.74, 6) is -0.697. The number of anilines is 1. The summed E-state index contributed by atoms with van der Waals surface area (Å²) in [7, 11) is 0. The number of benzene rings is 1. The number of aromatic nitrogens is 3. The highest BCUT2D eigenvalue weighted by molar-refractivity contribution is 8.18. The zero-order chi connectivity index (χ0) is 23.9. The number of imidazole rings is 1. The maximum Gasteiger partial charge on any atom is 0.290 e. The van der Waals surface area contributed by atoms with Crippen molar-refractivity contribution in [3.63, 3.8) is 0 Å². The number of carbonyl (C=O) groups excluding carboxylic acids is 2. The van der Waals surface area contributed by atoms with Crippen LogP contribution in [-0.4, -0.2) is 62.9 Å². The summed E-state index contributed by atoms with van der Waals surface area (Å²) < 4.78 is 16.9. The molecule has 6 rings (SSSR count). The van der Waals surface area contributed by atoms with Crippen LogP contribution in [0.1, 0.15) is 31.4 Å². The van der Waals surface area contributed by atoms with E-state index in [0.29, 0.717) is 34.3 Å². The van der Waals surface area contributed by atoms with Gasteiger partial charge in [-0.2, -0.15) is 5.10 Å². The van der Waals surface area contributed by atoms with E-state index in [1.54, 1.807) is 28.9 Å². The molecule has 0 radical (unpaired) electrons. The standard InChI is InChI=1S/C25H25FN6O2S/c26-19-13-16(5-7-20(19)31-11-9-30(10-12-31)18-3-1-2-4-18)21-15-27-23-8-6-17(29-32(21)23)14-22-24(33)28-25(34)35-22/h5-8,13-15,18H,1-4,9-12H2,(H,28,33,34). The molecule has 2 saturated heterocycles. The number of hydrogen-bond donors (Lipinski definition) is 1. The molecule has 0 bridgehead atoms. The lowest BCUT2D eigenvalue weighted by Gasteiger charge is -2.39. The third kappa shape index (κ3) is 4.32. The third-order valence-electron chi connectivity index (χ3n) is 7.04. The normalized spacial score (nSPS) is 20.9. The van der Waals surface area contributed by atoms with E-state index in [4.69, 9.17) is 0 Å². The van der Waals surface area contributed by atoms with Crippen molar-refractivity contribution in [2.75, 3.05) is 31.1 Å². The smallest absolute Gasteiger partial charge is 0.290 e. The molecule has 3 aromatic rings. The Bertz CT molecular complexity index is 1340. The number of amides is 2. The summed E-state index contributed by atoms with van der Waals surface area (Å²) in [5.41, 5.74) is 3.05. The Balaban J connectivity index is 1.23. The number of imide groups is 1. The fraction of sp³-hybridized carbons (Fsp3) is 0.360. The Kier molecular flexibility index (Phi) is 5.77. The van der Waals surface area contributed by atoms with Gasteiger partial charge < -0.3 is 4.90 Å². The lowest BCUT2D eigenvalue weighted by Crippen LogP contribution is -2.50. The van der Waals surface area contributed by atoms with Crippen LogP contribution < -0.4 is 10.2 Å². The van der Waals surface area contributed by atoms with Crippen LogP contribution in [0.5, 0.6) is 0 Å². The van der Waals surface area contributed by atoms with E-state index in [0.717, 1.165) is 37.9 Å². The molecule has 0 spiro atoms. The molecular weight excluding hydrogens is 467 g/mol. The van der Waals surface area contributed by atoms with Crippen molar-refractivity contribution in [1.82, 2.24) is 24.8 Å². The molecule has 0 atom stereocenters. The van der Waals surface area contributed by atoms with Gasteiger partial charge in [0.05, 0.1) is 28.2 Å². The molecule has 1 aliphatic carbocycles. The molecule has 8 nitrogen and oxygen atoms in total. The van der Waals surface area contributed by atoms with Crippen molar-refractivity contribution in [2.24, 2.45) is 0 Å². The first kappa shape index (κ1) is 22.2. The van der Waals surface area contributed by atoms with E-state index in [2.05, 4.69) is 25.2 Å². The van der Waals surface area contributed by atoms with Gasteiger partial charge in [0.2, 0.25) is 0 Å². The summed E-state index contributed by atoms with van der Waals surface area (Å²) >= 11 is 0.840. The summed E-state index contributed by atoms with van der Waals surface area (Å²) in [6, 6.07) is 9.48. The van der Waals surface area contributed by atoms with Crippen molar-refractivity contribution in [3.05, 3.63) is 52.9 Å². The number of thioether (sulfide) groups is 1. The van der Waals surface area contributed by atoms with Gasteiger partial charge >= 0.3 is 0 Å². The van der Waals surface area contributed by atoms with Gasteiger partial charge in [-0.1, -0.05) is 18.9 Å². The second-order valence-electron chi connectivity index (χ2n) is 9.15. The molecule has 180 valence electrons. The van der Waals surface area contributed by atoms with Crippen LogP contribution in [0, 0.1) is 5.82 Å². The quantitative estimate of drug-likeness (QED) is 0.553. The Morgan fingerprint density at radius 1 is 1.06 bits per heavy atom. The Morgan fingerprint density at radius 2 is 1.86 bits per heavy atom. The van der Waals surface area contributed by atoms with Gasteiger partial charge in [-0.3, -0.25) is 19.8 Å². The average molecular weight is 493 g/mol. The zero-order valence-electron chi connectivity index (χ0n) is 19.1. The number of nitrogens with one attached hydrogen (secondary N) is 1. The minimum absolute atomic E-state index is 0.262. The molecule has 2 aliphatic heterocycles. The van der Waals surface area contributed by atoms with Gasteiger partial charge in [-0.15, -0.1) is 0 Å². The van der Waals surface area contributed by atoms with Gasteiger partial charge in [0, 0.05) is 37.8 Å². The van der Waals surface area contributed by atoms with Crippen LogP contribution in [0.3, 0.4) is 0 Å². The molecule has 1 N–H and O–H groups in total. The highest BCUT2D eigenvalue weighted by Gasteiger charge is 2.27. The van der Waals surface area contributed by atoms with Crippen molar-refractivity contribution in [3.8, 4) is 11.3 Å². The summed E-state index contributed by atoms with van der Waals surface area (Å²) in [5, 5.41) is 6.39. The number of fused-ring (bicyclic) bond motifs is 1. The molecule has 2 aromatic heterocycles. The van der Waals surface area contributed by atoms with Gasteiger partial charge in [0.1, 0.15) is 5.82 Å². The van der Waals surface area contributed by atoms with Gasteiger partial charge in [-0.25, -0.2) is 13.9 Å². The van der Waals surface area contributed by atoms with E-state index < -0.39 is 11.1 Å². The van der Waals surface area contributed by atoms with Crippen molar-refractivity contribution in [1.29, 1.82) is 0 Å². The molecule has 1 aromatic carbocycles. The number of carbonyl (C=O) groups is 2. The topological polar surface area (TPSA) is 82.8 Å². The first-order chi connectivity index (χ1) is 17.0. The Morgan fingerprint density at radius 3 is 2.57 bits per heavy atom. The Labute approximate surface area is 206 Å². The number of rotatable bonds is 4. The van der Waals surface area contributed by atoms with E-state index in [-0.39, 0.29) is 10.7 Å². The molecule has 2 amide bonds. The number of hydrogen-bond acceptors (Lipinski definition) is 7. The van der Waals surface area contributed by atoms with Crippen LogP contribution in [-0.2, 0) is 4.79 Å². The van der Waals surface area contributed by atoms with E-state index in [1.807, 2.05) is 12.1 Å². The zero-order valence-corrected chi connectivity index (χ0v) is 19.9. The molecule has 4 heterocycles. The van der Waals surface area contributed by atoms with Crippen LogP contribution in [0.25, 0.3) is 23.0 Å². The maximum absolute atomic E-state index is 15.3. The van der Waals surface area contributed by atoms with Crippen LogP contribution in [0.2, 0.25) is 0 Å². The fourth-order valence-corrected chi connectivity index (χ4v) is 5.90. The summed E-state index contributed by atoms with van der Waals surface area (Å²) in [4.78, 5) is 32.7. The van der Waals surface area contributed by atoms with E-state index in [9.17, 15) is 9.59 Å². The first-order valence-electron chi connectivity index (χ1n) is 11.9. The Hall–Kier alpha value is -3.24. The molecule has 10 heteroatoms. The second kappa shape index (κ2) is 9.09. The van der Waals surface area contributed by atoms with Gasteiger partial charge in [-0.05, 0) is 54.9 Å². The molecule has 3 fully saturated rings. The molecule has 0 unspecified atom stereocenters. The third-order valence-corrected chi connectivity index (χ3v) is 7.85. The maximum atomic E-state index is 15.3. The van der Waals surface area contributed by atoms with Crippen LogP contribution in [0.4, 0.5) is 14.9 Å². The lowest BCUT2D eigenvalue weighted by molar-refractivity contribution is -0.115. The first-order valence-corrected chi connectivity index (χ1v) is 12.8. The predicted molar refractivity (Wildman–Crippen MR) is 134 cm³/mol. The van der Waals surface area contributed by atoms with Gasteiger partial charge in [0.15, 0.2) is 5.65 Å². The molecule has 35 heavy (non-hydrogen) atoms. The predicted octanol–water partition coefficient (Wildman–Crippen LogP) is 3.92. The minimum atomic E-state index is -0.436. The largest absolute Gasteiger partial charge is 0.367 e. The second-order valence-corrected chi connectivity index (χ2v) is 10.2. The molecule has 1 saturated carbocycles. The molecular formula is C25H25FN6O2S. The average Bonchev–Trinajstić information content (AvgIpc) is 3.60. The SMILES string of the molecule is O=C1NC(=O)C(=Cc2ccc3ncc(-c4ccc(N5CCN(C6CCCC6)CC5)c(F)c4)n3n2)S1. The van der Waals surface area contributed by atoms with E-state index >= 15 is 4.39 Å². The number of nitrogens with zero attached hydrogens (tertiary/aromatic N) is 5. The number of halogens is 1. The van der Waals surface area contributed by atoms with Crippen molar-refractivity contribution >= 4 is 40.3 Å². The lowest BCUT2D eigenvalue weighted by atomic mass is 10.1. The van der Waals surface area contributed by atoms with Crippen molar-refractivity contribution in [2.45, 2.75) is 31.7 Å². The van der Waals surface area contributed by atoms with Crippen LogP contribution >= 0.6 is 11.8 Å². The van der Waals surface area contributed by atoms with E-state index in [1.165, 1.54) is 31.7 Å². The monoisotopic (exact) mass is 492 g/mol. The fourth-order valence-electron chi connectivity index (χ4n) is 5.24. The summed E-state index contributed by atoms with van der Waals surface area (Å²) in [6.07, 6.45) is 8.45. The highest BCUT2D eigenvalue weighted by Crippen LogP contribution is 2.30. The molecule has 3 aliphatic rings.